The number of ether oxygens (including phenoxy) is 2. The van der Waals surface area contributed by atoms with Crippen LogP contribution in [0.5, 0.6) is 11.5 Å². The number of urea groups is 1. The molecule has 0 aromatic heterocycles. The number of aryl methyl sites for hydroxylation is 1. The van der Waals surface area contributed by atoms with Gasteiger partial charge < -0.3 is 14.8 Å². The summed E-state index contributed by atoms with van der Waals surface area (Å²) in [6.45, 7) is 4.39. The van der Waals surface area contributed by atoms with Crippen molar-refractivity contribution in [3.05, 3.63) is 87.6 Å². The second-order valence-electron chi connectivity index (χ2n) is 6.82. The fourth-order valence-electron chi connectivity index (χ4n) is 2.88. The molecule has 166 valence electrons. The topological polar surface area (TPSA) is 72.0 Å². The molecule has 0 fully saturated rings. The van der Waals surface area contributed by atoms with Gasteiger partial charge in [-0.15, -0.1) is 0 Å². The second kappa shape index (κ2) is 11.3. The van der Waals surface area contributed by atoms with Gasteiger partial charge in [0, 0.05) is 5.69 Å². The zero-order chi connectivity index (χ0) is 22.9. The summed E-state index contributed by atoms with van der Waals surface area (Å²) in [7, 11) is 0. The number of rotatable bonds is 8. The SMILES string of the molecule is CCOc1cc(C=NNC(=O)Nc2ccccc2C)cc(Br)c1OCc1cccc(F)c1. The van der Waals surface area contributed by atoms with Gasteiger partial charge in [0.25, 0.3) is 0 Å². The van der Waals surface area contributed by atoms with Gasteiger partial charge in [-0.05, 0) is 76.8 Å². The molecule has 0 atom stereocenters. The molecular formula is C24H23BrFN3O3. The number of amides is 2. The monoisotopic (exact) mass is 499 g/mol. The van der Waals surface area contributed by atoms with E-state index in [2.05, 4.69) is 31.8 Å². The Morgan fingerprint density at radius 2 is 1.94 bits per heavy atom. The molecule has 8 heteroatoms. The first kappa shape index (κ1) is 23.3. The molecule has 3 aromatic carbocycles. The molecule has 0 aliphatic rings. The number of hydrazone groups is 1. The lowest BCUT2D eigenvalue weighted by Gasteiger charge is -2.14. The van der Waals surface area contributed by atoms with E-state index in [4.69, 9.17) is 9.47 Å². The maximum atomic E-state index is 13.4. The van der Waals surface area contributed by atoms with Crippen LogP contribution in [0.25, 0.3) is 0 Å². The molecule has 3 rings (SSSR count). The van der Waals surface area contributed by atoms with Crippen molar-refractivity contribution in [3.63, 3.8) is 0 Å². The fraction of sp³-hybridized carbons (Fsp3) is 0.167. The molecule has 6 nitrogen and oxygen atoms in total. The van der Waals surface area contributed by atoms with Crippen LogP contribution in [0.2, 0.25) is 0 Å². The molecule has 2 amide bonds. The zero-order valence-corrected chi connectivity index (χ0v) is 19.3. The van der Waals surface area contributed by atoms with E-state index in [1.807, 2.05) is 38.1 Å². The van der Waals surface area contributed by atoms with Crippen molar-refractivity contribution in [2.24, 2.45) is 5.10 Å². The van der Waals surface area contributed by atoms with Crippen molar-refractivity contribution in [3.8, 4) is 11.5 Å². The lowest BCUT2D eigenvalue weighted by atomic mass is 10.2. The van der Waals surface area contributed by atoms with Crippen molar-refractivity contribution < 1.29 is 18.7 Å². The number of nitrogens with one attached hydrogen (secondary N) is 2. The predicted octanol–water partition coefficient (Wildman–Crippen LogP) is 6.03. The van der Waals surface area contributed by atoms with Crippen LogP contribution in [0.1, 0.15) is 23.6 Å². The smallest absolute Gasteiger partial charge is 0.339 e. The Morgan fingerprint density at radius 3 is 2.69 bits per heavy atom. The van der Waals surface area contributed by atoms with Gasteiger partial charge in [-0.2, -0.15) is 5.10 Å². The highest BCUT2D eigenvalue weighted by Crippen LogP contribution is 2.37. The zero-order valence-electron chi connectivity index (χ0n) is 17.7. The molecule has 0 bridgehead atoms. The maximum absolute atomic E-state index is 13.4. The normalized spacial score (nSPS) is 10.8. The Labute approximate surface area is 194 Å². The Balaban J connectivity index is 1.67. The van der Waals surface area contributed by atoms with Crippen LogP contribution in [-0.4, -0.2) is 18.9 Å². The van der Waals surface area contributed by atoms with Crippen LogP contribution in [0, 0.1) is 12.7 Å². The van der Waals surface area contributed by atoms with Crippen molar-refractivity contribution in [2.45, 2.75) is 20.5 Å². The number of hydrogen-bond donors (Lipinski definition) is 2. The number of nitrogens with zero attached hydrogens (tertiary/aromatic N) is 1. The Bertz CT molecular complexity index is 1120. The largest absolute Gasteiger partial charge is 0.490 e. The fourth-order valence-corrected chi connectivity index (χ4v) is 3.45. The van der Waals surface area contributed by atoms with Crippen LogP contribution in [0.3, 0.4) is 0 Å². The molecule has 0 aliphatic heterocycles. The van der Waals surface area contributed by atoms with Gasteiger partial charge in [0.15, 0.2) is 11.5 Å². The van der Waals surface area contributed by atoms with E-state index in [9.17, 15) is 9.18 Å². The van der Waals surface area contributed by atoms with Gasteiger partial charge in [-0.3, -0.25) is 0 Å². The molecule has 0 spiro atoms. The van der Waals surface area contributed by atoms with Gasteiger partial charge in [0.1, 0.15) is 12.4 Å². The van der Waals surface area contributed by atoms with Crippen molar-refractivity contribution in [2.75, 3.05) is 11.9 Å². The number of carbonyl (C=O) groups excluding carboxylic acids is 1. The third-order valence-electron chi connectivity index (χ3n) is 4.38. The summed E-state index contributed by atoms with van der Waals surface area (Å²) in [5.74, 6) is 0.684. The molecule has 3 aromatic rings. The summed E-state index contributed by atoms with van der Waals surface area (Å²) in [5.41, 5.74) is 5.49. The van der Waals surface area contributed by atoms with Crippen LogP contribution in [0.4, 0.5) is 14.9 Å². The summed E-state index contributed by atoms with van der Waals surface area (Å²) in [6.07, 6.45) is 1.50. The maximum Gasteiger partial charge on any atom is 0.339 e. The minimum atomic E-state index is -0.449. The Hall–Kier alpha value is -3.39. The lowest BCUT2D eigenvalue weighted by Crippen LogP contribution is -2.24. The van der Waals surface area contributed by atoms with Crippen LogP contribution in [-0.2, 0) is 6.61 Å². The molecular weight excluding hydrogens is 477 g/mol. The highest BCUT2D eigenvalue weighted by atomic mass is 79.9. The third-order valence-corrected chi connectivity index (χ3v) is 4.97. The number of benzene rings is 3. The number of halogens is 2. The first-order valence-corrected chi connectivity index (χ1v) is 10.7. The number of anilines is 1. The first-order chi connectivity index (χ1) is 15.5. The Morgan fingerprint density at radius 1 is 1.12 bits per heavy atom. The molecule has 0 saturated carbocycles. The molecule has 0 radical (unpaired) electrons. The number of hydrogen-bond acceptors (Lipinski definition) is 4. The molecule has 0 unspecified atom stereocenters. The van der Waals surface area contributed by atoms with Crippen molar-refractivity contribution >= 4 is 33.9 Å². The van der Waals surface area contributed by atoms with E-state index in [-0.39, 0.29) is 12.4 Å². The first-order valence-electron chi connectivity index (χ1n) is 9.95. The predicted molar refractivity (Wildman–Crippen MR) is 127 cm³/mol. The van der Waals surface area contributed by atoms with Crippen LogP contribution in [0.15, 0.2) is 70.2 Å². The minimum Gasteiger partial charge on any atom is -0.490 e. The average molecular weight is 500 g/mol. The summed E-state index contributed by atoms with van der Waals surface area (Å²) in [5, 5.41) is 6.74. The molecule has 0 saturated heterocycles. The Kier molecular flexibility index (Phi) is 8.21. The van der Waals surface area contributed by atoms with E-state index in [1.54, 1.807) is 24.3 Å². The van der Waals surface area contributed by atoms with E-state index >= 15 is 0 Å². The summed E-state index contributed by atoms with van der Waals surface area (Å²) in [6, 6.07) is 16.8. The molecule has 0 heterocycles. The van der Waals surface area contributed by atoms with E-state index in [0.717, 1.165) is 5.56 Å². The highest BCUT2D eigenvalue weighted by Gasteiger charge is 2.12. The quantitative estimate of drug-likeness (QED) is 0.293. The second-order valence-corrected chi connectivity index (χ2v) is 7.67. The van der Waals surface area contributed by atoms with E-state index in [1.165, 1.54) is 18.3 Å². The standard InChI is InChI=1S/C24H23BrFN3O3/c1-3-31-22-13-18(14-27-29-24(30)28-21-10-5-4-7-16(21)2)12-20(25)23(22)32-15-17-8-6-9-19(26)11-17/h4-14H,3,15H2,1-2H3,(H2,28,29,30). The minimum absolute atomic E-state index is 0.185. The lowest BCUT2D eigenvalue weighted by molar-refractivity contribution is 0.252. The van der Waals surface area contributed by atoms with Gasteiger partial charge in [0.2, 0.25) is 0 Å². The molecule has 32 heavy (non-hydrogen) atoms. The van der Waals surface area contributed by atoms with E-state index in [0.29, 0.717) is 39.4 Å². The van der Waals surface area contributed by atoms with Gasteiger partial charge in [0.05, 0.1) is 17.3 Å². The van der Waals surface area contributed by atoms with Gasteiger partial charge >= 0.3 is 6.03 Å². The number of carbonyl (C=O) groups is 1. The van der Waals surface area contributed by atoms with Gasteiger partial charge in [-0.25, -0.2) is 14.6 Å². The molecule has 0 aliphatic carbocycles. The van der Waals surface area contributed by atoms with Crippen molar-refractivity contribution in [1.82, 2.24) is 5.43 Å². The summed E-state index contributed by atoms with van der Waals surface area (Å²) < 4.78 is 25.6. The third kappa shape index (κ3) is 6.55. The van der Waals surface area contributed by atoms with Crippen molar-refractivity contribution in [1.29, 1.82) is 0 Å². The summed E-state index contributed by atoms with van der Waals surface area (Å²) in [4.78, 5) is 12.1. The van der Waals surface area contributed by atoms with Crippen LogP contribution >= 0.6 is 15.9 Å². The van der Waals surface area contributed by atoms with Crippen LogP contribution < -0.4 is 20.2 Å². The summed E-state index contributed by atoms with van der Waals surface area (Å²) >= 11 is 3.49. The average Bonchev–Trinajstić information content (AvgIpc) is 2.75. The highest BCUT2D eigenvalue weighted by molar-refractivity contribution is 9.10. The van der Waals surface area contributed by atoms with E-state index < -0.39 is 6.03 Å². The number of para-hydroxylation sites is 1. The molecule has 2 N–H and O–H groups in total. The van der Waals surface area contributed by atoms with Gasteiger partial charge in [-0.1, -0.05) is 30.3 Å².